The summed E-state index contributed by atoms with van der Waals surface area (Å²) in [4.78, 5) is 23.3. The van der Waals surface area contributed by atoms with Crippen LogP contribution >= 0.6 is 0 Å². The van der Waals surface area contributed by atoms with Crippen LogP contribution in [-0.2, 0) is 9.59 Å². The van der Waals surface area contributed by atoms with Crippen LogP contribution in [0.2, 0.25) is 0 Å². The summed E-state index contributed by atoms with van der Waals surface area (Å²) in [6, 6.07) is 12.8. The average Bonchev–Trinajstić information content (AvgIpc) is 2.52. The SMILES string of the molecule is Cc1ccc(OCC(=O)NCC(=O)Nc2cccc(F)c2)cc1. The zero-order valence-electron chi connectivity index (χ0n) is 12.6. The van der Waals surface area contributed by atoms with Gasteiger partial charge in [-0.2, -0.15) is 0 Å². The molecular weight excluding hydrogens is 299 g/mol. The van der Waals surface area contributed by atoms with Crippen LogP contribution in [0.1, 0.15) is 5.56 Å². The van der Waals surface area contributed by atoms with Gasteiger partial charge in [-0.25, -0.2) is 4.39 Å². The van der Waals surface area contributed by atoms with Crippen molar-refractivity contribution in [2.24, 2.45) is 0 Å². The molecule has 0 bridgehead atoms. The minimum Gasteiger partial charge on any atom is -0.484 e. The van der Waals surface area contributed by atoms with E-state index >= 15 is 0 Å². The van der Waals surface area contributed by atoms with Crippen molar-refractivity contribution in [2.75, 3.05) is 18.5 Å². The Labute approximate surface area is 133 Å². The molecule has 0 fully saturated rings. The first kappa shape index (κ1) is 16.5. The smallest absolute Gasteiger partial charge is 0.258 e. The van der Waals surface area contributed by atoms with Crippen molar-refractivity contribution >= 4 is 17.5 Å². The summed E-state index contributed by atoms with van der Waals surface area (Å²) in [5.74, 6) is -0.729. The largest absolute Gasteiger partial charge is 0.484 e. The Morgan fingerprint density at radius 3 is 2.52 bits per heavy atom. The number of halogens is 1. The molecule has 0 aliphatic heterocycles. The summed E-state index contributed by atoms with van der Waals surface area (Å²) < 4.78 is 18.3. The molecule has 0 saturated heterocycles. The quantitative estimate of drug-likeness (QED) is 0.859. The first-order valence-electron chi connectivity index (χ1n) is 7.04. The van der Waals surface area contributed by atoms with Gasteiger partial charge in [0.05, 0.1) is 6.54 Å². The van der Waals surface area contributed by atoms with Gasteiger partial charge in [-0.1, -0.05) is 23.8 Å². The fraction of sp³-hybridized carbons (Fsp3) is 0.176. The second kappa shape index (κ2) is 7.93. The number of rotatable bonds is 6. The van der Waals surface area contributed by atoms with E-state index < -0.39 is 17.6 Å². The molecule has 6 heteroatoms. The summed E-state index contributed by atoms with van der Waals surface area (Å²) in [6.07, 6.45) is 0. The van der Waals surface area contributed by atoms with Gasteiger partial charge < -0.3 is 15.4 Å². The van der Waals surface area contributed by atoms with Gasteiger partial charge >= 0.3 is 0 Å². The fourth-order valence-corrected chi connectivity index (χ4v) is 1.78. The Balaban J connectivity index is 1.71. The van der Waals surface area contributed by atoms with Crippen LogP contribution in [0.5, 0.6) is 5.75 Å². The number of amides is 2. The zero-order valence-corrected chi connectivity index (χ0v) is 12.6. The lowest BCUT2D eigenvalue weighted by Crippen LogP contribution is -2.35. The molecule has 2 rings (SSSR count). The zero-order chi connectivity index (χ0) is 16.7. The molecule has 2 N–H and O–H groups in total. The molecule has 0 aliphatic rings. The Morgan fingerprint density at radius 1 is 1.09 bits per heavy atom. The molecule has 2 amide bonds. The third-order valence-electron chi connectivity index (χ3n) is 2.95. The molecule has 5 nitrogen and oxygen atoms in total. The number of carbonyl (C=O) groups excluding carboxylic acids is 2. The van der Waals surface area contributed by atoms with Crippen LogP contribution in [0.15, 0.2) is 48.5 Å². The van der Waals surface area contributed by atoms with E-state index in [1.165, 1.54) is 18.2 Å². The average molecular weight is 316 g/mol. The first-order valence-corrected chi connectivity index (χ1v) is 7.04. The monoisotopic (exact) mass is 316 g/mol. The second-order valence-corrected chi connectivity index (χ2v) is 4.94. The highest BCUT2D eigenvalue weighted by Gasteiger charge is 2.07. The maximum absolute atomic E-state index is 13.0. The van der Waals surface area contributed by atoms with Crippen LogP contribution < -0.4 is 15.4 Å². The molecule has 0 saturated carbocycles. The third-order valence-corrected chi connectivity index (χ3v) is 2.95. The standard InChI is InChI=1S/C17H17FN2O3/c1-12-5-7-15(8-6-12)23-11-17(22)19-10-16(21)20-14-4-2-3-13(18)9-14/h2-9H,10-11H2,1H3,(H,19,22)(H,20,21). The van der Waals surface area contributed by atoms with Gasteiger partial charge in [0.1, 0.15) is 11.6 Å². The van der Waals surface area contributed by atoms with E-state index in [1.807, 2.05) is 19.1 Å². The summed E-state index contributed by atoms with van der Waals surface area (Å²) in [5, 5.41) is 4.91. The van der Waals surface area contributed by atoms with E-state index in [2.05, 4.69) is 10.6 Å². The highest BCUT2D eigenvalue weighted by atomic mass is 19.1. The maximum Gasteiger partial charge on any atom is 0.258 e. The lowest BCUT2D eigenvalue weighted by Gasteiger charge is -2.08. The second-order valence-electron chi connectivity index (χ2n) is 4.94. The van der Waals surface area contributed by atoms with Crippen molar-refractivity contribution in [1.82, 2.24) is 5.32 Å². The lowest BCUT2D eigenvalue weighted by molar-refractivity contribution is -0.125. The highest BCUT2D eigenvalue weighted by Crippen LogP contribution is 2.11. The molecule has 0 spiro atoms. The minimum absolute atomic E-state index is 0.184. The Bertz CT molecular complexity index is 686. The maximum atomic E-state index is 13.0. The molecule has 2 aromatic rings. The molecule has 0 atom stereocenters. The molecule has 120 valence electrons. The number of ether oxygens (including phenoxy) is 1. The van der Waals surface area contributed by atoms with Crippen molar-refractivity contribution in [3.8, 4) is 5.75 Å². The molecule has 0 heterocycles. The van der Waals surface area contributed by atoms with Crippen LogP contribution in [0, 0.1) is 12.7 Å². The molecule has 0 aliphatic carbocycles. The van der Waals surface area contributed by atoms with Gasteiger partial charge in [0, 0.05) is 5.69 Å². The predicted molar refractivity (Wildman–Crippen MR) is 84.7 cm³/mol. The van der Waals surface area contributed by atoms with Crippen molar-refractivity contribution < 1.29 is 18.7 Å². The Hall–Kier alpha value is -2.89. The normalized spacial score (nSPS) is 10.0. The topological polar surface area (TPSA) is 67.4 Å². The first-order chi connectivity index (χ1) is 11.0. The number of hydrogen-bond acceptors (Lipinski definition) is 3. The van der Waals surface area contributed by atoms with Crippen LogP contribution in [0.4, 0.5) is 10.1 Å². The number of hydrogen-bond donors (Lipinski definition) is 2. The summed E-state index contributed by atoms with van der Waals surface area (Å²) in [6.45, 7) is 1.55. The third kappa shape index (κ3) is 5.78. The number of aryl methyl sites for hydroxylation is 1. The number of anilines is 1. The van der Waals surface area contributed by atoms with Crippen molar-refractivity contribution in [3.63, 3.8) is 0 Å². The van der Waals surface area contributed by atoms with Gasteiger partial charge in [0.15, 0.2) is 6.61 Å². The van der Waals surface area contributed by atoms with Crippen LogP contribution in [0.3, 0.4) is 0 Å². The van der Waals surface area contributed by atoms with E-state index in [1.54, 1.807) is 18.2 Å². The Morgan fingerprint density at radius 2 is 1.83 bits per heavy atom. The van der Waals surface area contributed by atoms with Gasteiger partial charge in [-0.05, 0) is 37.3 Å². The number of nitrogens with one attached hydrogen (secondary N) is 2. The van der Waals surface area contributed by atoms with Crippen molar-refractivity contribution in [3.05, 3.63) is 59.9 Å². The van der Waals surface area contributed by atoms with Gasteiger partial charge in [0.2, 0.25) is 5.91 Å². The molecule has 0 radical (unpaired) electrons. The van der Waals surface area contributed by atoms with Gasteiger partial charge in [0.25, 0.3) is 5.91 Å². The summed E-state index contributed by atoms with van der Waals surface area (Å²) in [7, 11) is 0. The molecule has 0 aromatic heterocycles. The molecular formula is C17H17FN2O3. The fourth-order valence-electron chi connectivity index (χ4n) is 1.78. The predicted octanol–water partition coefficient (Wildman–Crippen LogP) is 2.27. The van der Waals surface area contributed by atoms with Crippen LogP contribution in [-0.4, -0.2) is 25.0 Å². The highest BCUT2D eigenvalue weighted by molar-refractivity contribution is 5.94. The minimum atomic E-state index is -0.446. The van der Waals surface area contributed by atoms with E-state index in [4.69, 9.17) is 4.74 Å². The van der Waals surface area contributed by atoms with E-state index in [0.29, 0.717) is 11.4 Å². The summed E-state index contributed by atoms with van der Waals surface area (Å²) >= 11 is 0. The van der Waals surface area contributed by atoms with Gasteiger partial charge in [-0.15, -0.1) is 0 Å². The number of carbonyl (C=O) groups is 2. The Kier molecular flexibility index (Phi) is 5.68. The number of benzene rings is 2. The van der Waals surface area contributed by atoms with Gasteiger partial charge in [-0.3, -0.25) is 9.59 Å². The molecule has 2 aromatic carbocycles. The molecule has 23 heavy (non-hydrogen) atoms. The lowest BCUT2D eigenvalue weighted by atomic mass is 10.2. The van der Waals surface area contributed by atoms with E-state index in [-0.39, 0.29) is 13.2 Å². The van der Waals surface area contributed by atoms with Crippen LogP contribution in [0.25, 0.3) is 0 Å². The molecule has 0 unspecified atom stereocenters. The van der Waals surface area contributed by atoms with E-state index in [9.17, 15) is 14.0 Å². The van der Waals surface area contributed by atoms with E-state index in [0.717, 1.165) is 5.56 Å². The van der Waals surface area contributed by atoms with Crippen molar-refractivity contribution in [2.45, 2.75) is 6.92 Å². The summed E-state index contributed by atoms with van der Waals surface area (Å²) in [5.41, 5.74) is 1.43. The van der Waals surface area contributed by atoms with Crippen molar-refractivity contribution in [1.29, 1.82) is 0 Å².